The Labute approximate surface area is 141 Å². The first kappa shape index (κ1) is 15.5. The lowest BCUT2D eigenvalue weighted by Crippen LogP contribution is -2.31. The summed E-state index contributed by atoms with van der Waals surface area (Å²) in [6.45, 7) is 3.46. The molecule has 124 valence electrons. The number of hydrogen-bond donors (Lipinski definition) is 1. The van der Waals surface area contributed by atoms with Crippen molar-refractivity contribution >= 4 is 34.4 Å². The van der Waals surface area contributed by atoms with Crippen LogP contribution in [0.15, 0.2) is 6.33 Å². The minimum Gasteiger partial charge on any atom is -0.394 e. The molecule has 0 bridgehead atoms. The first-order chi connectivity index (χ1) is 10.9. The number of halogens is 2. The lowest BCUT2D eigenvalue weighted by atomic mass is 10.1. The molecule has 2 fully saturated rings. The Kier molecular flexibility index (Phi) is 3.53. The predicted molar refractivity (Wildman–Crippen MR) is 80.2 cm³/mol. The molecule has 0 aromatic carbocycles. The molecule has 4 atom stereocenters. The fraction of sp³-hybridized carbons (Fsp3) is 0.615. The van der Waals surface area contributed by atoms with Crippen molar-refractivity contribution in [3.05, 3.63) is 16.8 Å². The second-order valence-electron chi connectivity index (χ2n) is 5.92. The molecule has 2 saturated heterocycles. The molecule has 0 amide bonds. The van der Waals surface area contributed by atoms with E-state index < -0.39 is 24.2 Å². The van der Waals surface area contributed by atoms with Crippen molar-refractivity contribution in [1.82, 2.24) is 19.5 Å². The van der Waals surface area contributed by atoms with E-state index in [1.807, 2.05) is 13.8 Å². The minimum atomic E-state index is -0.758. The van der Waals surface area contributed by atoms with Crippen molar-refractivity contribution in [2.24, 2.45) is 0 Å². The number of aliphatic hydroxyl groups is 1. The van der Waals surface area contributed by atoms with Crippen LogP contribution in [-0.2, 0) is 14.2 Å². The molecule has 2 aliphatic rings. The number of imidazole rings is 1. The molecule has 1 N–H and O–H groups in total. The molecule has 0 unspecified atom stereocenters. The van der Waals surface area contributed by atoms with E-state index in [-0.39, 0.29) is 23.1 Å². The summed E-state index contributed by atoms with van der Waals surface area (Å²) in [6.07, 6.45) is -0.321. The molecule has 23 heavy (non-hydrogen) atoms. The predicted octanol–water partition coefficient (Wildman–Crippen LogP) is 1.54. The van der Waals surface area contributed by atoms with Crippen molar-refractivity contribution in [1.29, 1.82) is 0 Å². The quantitative estimate of drug-likeness (QED) is 0.641. The lowest BCUT2D eigenvalue weighted by molar-refractivity contribution is -0.199. The van der Waals surface area contributed by atoms with Crippen molar-refractivity contribution in [3.8, 4) is 0 Å². The Balaban J connectivity index is 1.79. The molecular weight excluding hydrogens is 347 g/mol. The van der Waals surface area contributed by atoms with E-state index in [2.05, 4.69) is 15.0 Å². The van der Waals surface area contributed by atoms with Gasteiger partial charge in [-0.3, -0.25) is 4.57 Å². The summed E-state index contributed by atoms with van der Waals surface area (Å²) in [4.78, 5) is 12.3. The van der Waals surface area contributed by atoms with Crippen LogP contribution in [0.25, 0.3) is 11.2 Å². The molecule has 4 heterocycles. The molecule has 0 saturated carbocycles. The Bertz CT molecular complexity index is 768. The van der Waals surface area contributed by atoms with Crippen LogP contribution in [0, 0.1) is 0 Å². The van der Waals surface area contributed by atoms with Gasteiger partial charge in [0.1, 0.15) is 23.8 Å². The third kappa shape index (κ3) is 2.41. The van der Waals surface area contributed by atoms with Gasteiger partial charge in [0.15, 0.2) is 22.8 Å². The molecule has 2 aromatic rings. The molecule has 0 aliphatic carbocycles. The van der Waals surface area contributed by atoms with Gasteiger partial charge < -0.3 is 19.3 Å². The number of aliphatic hydroxyl groups excluding tert-OH is 1. The van der Waals surface area contributed by atoms with Gasteiger partial charge in [-0.1, -0.05) is 11.6 Å². The zero-order valence-electron chi connectivity index (χ0n) is 12.3. The van der Waals surface area contributed by atoms with E-state index >= 15 is 0 Å². The summed E-state index contributed by atoms with van der Waals surface area (Å²) in [7, 11) is 0. The van der Waals surface area contributed by atoms with E-state index in [1.54, 1.807) is 4.57 Å². The lowest BCUT2D eigenvalue weighted by Gasteiger charge is -2.24. The van der Waals surface area contributed by atoms with Gasteiger partial charge in [-0.05, 0) is 25.4 Å². The highest BCUT2D eigenvalue weighted by atomic mass is 35.5. The fourth-order valence-corrected chi connectivity index (χ4v) is 3.49. The van der Waals surface area contributed by atoms with Crippen LogP contribution in [0.4, 0.5) is 0 Å². The standard InChI is InChI=1S/C13H14Cl2N4O4/c1-13(2)22-7-5(3-20)21-11(8(7)23-13)19-4-16-6-9(14)17-12(15)18-10(6)19/h4-5,7-8,11,20H,3H2,1-2H3/t5-,7-,8-,11-/m1/s1. The molecular formula is C13H14Cl2N4O4. The van der Waals surface area contributed by atoms with Crippen LogP contribution < -0.4 is 0 Å². The van der Waals surface area contributed by atoms with Gasteiger partial charge in [-0.15, -0.1) is 0 Å². The average Bonchev–Trinajstić information content (AvgIpc) is 3.09. The SMILES string of the molecule is CC1(C)O[C@@H]2[C@H](O1)[C@@H](CO)O[C@H]2n1cnc2c(Cl)nc(Cl)nc21. The summed E-state index contributed by atoms with van der Waals surface area (Å²) in [5.41, 5.74) is 0.854. The third-order valence-corrected chi connectivity index (χ3v) is 4.36. The van der Waals surface area contributed by atoms with Crippen LogP contribution >= 0.6 is 23.2 Å². The topological polar surface area (TPSA) is 91.5 Å². The van der Waals surface area contributed by atoms with Gasteiger partial charge in [-0.2, -0.15) is 4.98 Å². The maximum atomic E-state index is 9.55. The van der Waals surface area contributed by atoms with Crippen LogP contribution in [0.1, 0.15) is 20.1 Å². The average molecular weight is 361 g/mol. The van der Waals surface area contributed by atoms with Crippen molar-refractivity contribution in [2.45, 2.75) is 44.2 Å². The highest BCUT2D eigenvalue weighted by molar-refractivity contribution is 6.35. The zero-order valence-corrected chi connectivity index (χ0v) is 13.8. The van der Waals surface area contributed by atoms with Gasteiger partial charge in [0.05, 0.1) is 12.9 Å². The van der Waals surface area contributed by atoms with E-state index in [1.165, 1.54) is 6.33 Å². The summed E-state index contributed by atoms with van der Waals surface area (Å²) < 4.78 is 19.3. The molecule has 0 spiro atoms. The molecule has 2 aliphatic heterocycles. The maximum absolute atomic E-state index is 9.55. The van der Waals surface area contributed by atoms with Gasteiger partial charge in [0.2, 0.25) is 5.28 Å². The number of fused-ring (bicyclic) bond motifs is 2. The molecule has 4 rings (SSSR count). The number of nitrogens with zero attached hydrogens (tertiary/aromatic N) is 4. The Morgan fingerprint density at radius 3 is 2.74 bits per heavy atom. The summed E-state index contributed by atoms with van der Waals surface area (Å²) in [6, 6.07) is 0. The van der Waals surface area contributed by atoms with Gasteiger partial charge in [0.25, 0.3) is 0 Å². The Morgan fingerprint density at radius 1 is 1.26 bits per heavy atom. The van der Waals surface area contributed by atoms with Gasteiger partial charge >= 0.3 is 0 Å². The van der Waals surface area contributed by atoms with E-state index in [0.29, 0.717) is 11.2 Å². The smallest absolute Gasteiger partial charge is 0.225 e. The van der Waals surface area contributed by atoms with E-state index in [0.717, 1.165) is 0 Å². The number of rotatable bonds is 2. The normalized spacial score (nSPS) is 32.6. The summed E-state index contributed by atoms with van der Waals surface area (Å²) in [5, 5.41) is 9.72. The molecule has 2 aromatic heterocycles. The van der Waals surface area contributed by atoms with Crippen molar-refractivity contribution < 1.29 is 19.3 Å². The second-order valence-corrected chi connectivity index (χ2v) is 6.62. The minimum absolute atomic E-state index is 0.0152. The highest BCUT2D eigenvalue weighted by Gasteiger charge is 2.55. The summed E-state index contributed by atoms with van der Waals surface area (Å²) >= 11 is 11.9. The number of ether oxygens (including phenoxy) is 3. The van der Waals surface area contributed by atoms with Crippen molar-refractivity contribution in [2.75, 3.05) is 6.61 Å². The monoisotopic (exact) mass is 360 g/mol. The first-order valence-electron chi connectivity index (χ1n) is 7.07. The maximum Gasteiger partial charge on any atom is 0.225 e. The highest BCUT2D eigenvalue weighted by Crippen LogP contribution is 2.43. The molecule has 10 heteroatoms. The third-order valence-electron chi connectivity index (χ3n) is 3.93. The Morgan fingerprint density at radius 2 is 2.00 bits per heavy atom. The largest absolute Gasteiger partial charge is 0.394 e. The molecule has 0 radical (unpaired) electrons. The fourth-order valence-electron chi connectivity index (χ4n) is 3.07. The van der Waals surface area contributed by atoms with Crippen LogP contribution in [0.5, 0.6) is 0 Å². The molecule has 8 nitrogen and oxygen atoms in total. The van der Waals surface area contributed by atoms with Crippen LogP contribution in [0.2, 0.25) is 10.4 Å². The zero-order chi connectivity index (χ0) is 16.4. The van der Waals surface area contributed by atoms with E-state index in [4.69, 9.17) is 37.4 Å². The number of hydrogen-bond acceptors (Lipinski definition) is 7. The summed E-state index contributed by atoms with van der Waals surface area (Å²) in [5.74, 6) is -0.758. The van der Waals surface area contributed by atoms with Crippen LogP contribution in [0.3, 0.4) is 0 Å². The van der Waals surface area contributed by atoms with Gasteiger partial charge in [0, 0.05) is 0 Å². The van der Waals surface area contributed by atoms with Crippen LogP contribution in [-0.4, -0.2) is 55.3 Å². The van der Waals surface area contributed by atoms with Crippen molar-refractivity contribution in [3.63, 3.8) is 0 Å². The van der Waals surface area contributed by atoms with E-state index in [9.17, 15) is 5.11 Å². The first-order valence-corrected chi connectivity index (χ1v) is 7.83. The number of aromatic nitrogens is 4. The Hall–Kier alpha value is -1.03. The van der Waals surface area contributed by atoms with Gasteiger partial charge in [-0.25, -0.2) is 9.97 Å². The second kappa shape index (κ2) is 5.23.